The van der Waals surface area contributed by atoms with E-state index in [1.165, 1.54) is 0 Å². The van der Waals surface area contributed by atoms with Gasteiger partial charge in [-0.2, -0.15) is 0 Å². The summed E-state index contributed by atoms with van der Waals surface area (Å²) in [7, 11) is 0. The molecule has 1 fully saturated rings. The van der Waals surface area contributed by atoms with E-state index in [0.29, 0.717) is 25.3 Å². The predicted octanol–water partition coefficient (Wildman–Crippen LogP) is 1.25. The van der Waals surface area contributed by atoms with Crippen molar-refractivity contribution in [3.63, 3.8) is 0 Å². The number of rotatable bonds is 5. The average molecular weight is 284 g/mol. The summed E-state index contributed by atoms with van der Waals surface area (Å²) in [6.07, 6.45) is 6.46. The molecule has 0 spiro atoms. The van der Waals surface area contributed by atoms with Gasteiger partial charge in [-0.05, 0) is 19.8 Å². The van der Waals surface area contributed by atoms with E-state index in [9.17, 15) is 14.7 Å². The average Bonchev–Trinajstić information content (AvgIpc) is 2.38. The molecule has 1 unspecified atom stereocenters. The van der Waals surface area contributed by atoms with Crippen molar-refractivity contribution in [3.8, 4) is 12.3 Å². The number of piperidine rings is 1. The summed E-state index contributed by atoms with van der Waals surface area (Å²) in [6.45, 7) is 3.13. The van der Waals surface area contributed by atoms with Gasteiger partial charge in [0.05, 0.1) is 11.2 Å². The second-order valence-corrected chi connectivity index (χ2v) is 5.98. The molecule has 2 N–H and O–H groups in total. The van der Waals surface area contributed by atoms with Crippen molar-refractivity contribution < 1.29 is 14.7 Å². The maximum Gasteiger partial charge on any atom is 0.317 e. The second kappa shape index (κ2) is 7.29. The zero-order valence-electron chi connectivity index (χ0n) is 11.1. The van der Waals surface area contributed by atoms with Gasteiger partial charge in [-0.15, -0.1) is 18.2 Å². The zero-order valence-corrected chi connectivity index (χ0v) is 12.0. The lowest BCUT2D eigenvalue weighted by Gasteiger charge is -2.37. The lowest BCUT2D eigenvalue weighted by Crippen LogP contribution is -2.51. The van der Waals surface area contributed by atoms with Crippen LogP contribution in [0.4, 0.5) is 4.79 Å². The monoisotopic (exact) mass is 284 g/mol. The second-order valence-electron chi connectivity index (χ2n) is 4.88. The summed E-state index contributed by atoms with van der Waals surface area (Å²) >= 11 is 1.58. The van der Waals surface area contributed by atoms with E-state index in [1.807, 2.05) is 0 Å². The Morgan fingerprint density at radius 3 is 2.95 bits per heavy atom. The molecule has 6 heteroatoms. The number of nitrogens with zero attached hydrogens (tertiary/aromatic N) is 1. The summed E-state index contributed by atoms with van der Waals surface area (Å²) in [4.78, 5) is 24.7. The van der Waals surface area contributed by atoms with Gasteiger partial charge in [0, 0.05) is 25.4 Å². The Morgan fingerprint density at radius 2 is 2.32 bits per heavy atom. The Hall–Kier alpha value is -1.35. The first kappa shape index (κ1) is 15.7. The van der Waals surface area contributed by atoms with E-state index in [4.69, 9.17) is 6.42 Å². The van der Waals surface area contributed by atoms with Crippen LogP contribution in [0.2, 0.25) is 0 Å². The predicted molar refractivity (Wildman–Crippen MR) is 76.1 cm³/mol. The first-order valence-corrected chi connectivity index (χ1v) is 7.42. The number of carbonyl (C=O) groups is 2. The van der Waals surface area contributed by atoms with Gasteiger partial charge in [0.25, 0.3) is 0 Å². The van der Waals surface area contributed by atoms with Crippen LogP contribution in [-0.2, 0) is 4.79 Å². The van der Waals surface area contributed by atoms with Gasteiger partial charge in [-0.3, -0.25) is 4.79 Å². The fourth-order valence-corrected chi connectivity index (χ4v) is 2.57. The van der Waals surface area contributed by atoms with E-state index in [1.54, 1.807) is 23.6 Å². The lowest BCUT2D eigenvalue weighted by molar-refractivity contribution is -0.150. The van der Waals surface area contributed by atoms with Crippen LogP contribution in [0.1, 0.15) is 19.8 Å². The Balaban J connectivity index is 2.36. The highest BCUT2D eigenvalue weighted by Gasteiger charge is 2.39. The van der Waals surface area contributed by atoms with Crippen LogP contribution in [0.15, 0.2) is 0 Å². The number of aliphatic carboxylic acids is 1. The third kappa shape index (κ3) is 4.67. The summed E-state index contributed by atoms with van der Waals surface area (Å²) in [5.74, 6) is 3.08. The van der Waals surface area contributed by atoms with Crippen molar-refractivity contribution in [2.75, 3.05) is 31.1 Å². The molecule has 0 saturated carbocycles. The number of amides is 2. The molecular weight excluding hydrogens is 264 g/mol. The number of likely N-dealkylation sites (tertiary alicyclic amines) is 1. The lowest BCUT2D eigenvalue weighted by atomic mass is 9.82. The number of carboxylic acid groups (broad SMARTS) is 1. The van der Waals surface area contributed by atoms with Crippen LogP contribution in [0.5, 0.6) is 0 Å². The first-order chi connectivity index (χ1) is 8.99. The fourth-order valence-electron chi connectivity index (χ4n) is 2.06. The Labute approximate surface area is 118 Å². The highest BCUT2D eigenvalue weighted by atomic mass is 32.2. The first-order valence-electron chi connectivity index (χ1n) is 6.27. The van der Waals surface area contributed by atoms with E-state index >= 15 is 0 Å². The van der Waals surface area contributed by atoms with Gasteiger partial charge in [0.2, 0.25) is 0 Å². The van der Waals surface area contributed by atoms with Crippen LogP contribution in [0.25, 0.3) is 0 Å². The number of terminal acetylenes is 1. The number of carboxylic acids is 1. The number of urea groups is 1. The molecule has 0 radical (unpaired) electrons. The van der Waals surface area contributed by atoms with E-state index in [2.05, 4.69) is 11.2 Å². The minimum atomic E-state index is -0.838. The number of nitrogens with one attached hydrogen (secondary N) is 1. The van der Waals surface area contributed by atoms with Gasteiger partial charge >= 0.3 is 12.0 Å². The normalized spacial score (nSPS) is 22.6. The smallest absolute Gasteiger partial charge is 0.317 e. The van der Waals surface area contributed by atoms with E-state index in [-0.39, 0.29) is 12.6 Å². The molecule has 0 aromatic heterocycles. The maximum atomic E-state index is 11.9. The number of thioether (sulfide) groups is 1. The van der Waals surface area contributed by atoms with E-state index < -0.39 is 11.4 Å². The Bertz CT molecular complexity index is 381. The summed E-state index contributed by atoms with van der Waals surface area (Å²) in [5, 5.41) is 12.0. The van der Waals surface area contributed by atoms with Crippen molar-refractivity contribution >= 4 is 23.8 Å². The third-order valence-corrected chi connectivity index (χ3v) is 4.07. The third-order valence-electron chi connectivity index (χ3n) is 3.21. The molecule has 2 amide bonds. The van der Waals surface area contributed by atoms with Crippen LogP contribution in [0.3, 0.4) is 0 Å². The molecule has 0 aromatic carbocycles. The minimum absolute atomic E-state index is 0.187. The van der Waals surface area contributed by atoms with Gasteiger partial charge in [0.1, 0.15) is 0 Å². The summed E-state index contributed by atoms with van der Waals surface area (Å²) in [5.41, 5.74) is -0.826. The Kier molecular flexibility index (Phi) is 6.03. The molecule has 19 heavy (non-hydrogen) atoms. The standard InChI is InChI=1S/C13H20N2O3S/c1-3-8-19-9-6-14-12(18)15-7-4-5-13(2,10-15)11(16)17/h1H,4-10H2,2H3,(H,14,18)(H,16,17). The maximum absolute atomic E-state index is 11.9. The molecular formula is C13H20N2O3S. The number of hydrogen-bond acceptors (Lipinski definition) is 3. The van der Waals surface area contributed by atoms with Gasteiger partial charge in [0.15, 0.2) is 0 Å². The molecule has 1 aliphatic rings. The largest absolute Gasteiger partial charge is 0.481 e. The van der Waals surface area contributed by atoms with Crippen molar-refractivity contribution in [2.45, 2.75) is 19.8 Å². The molecule has 1 atom stereocenters. The van der Waals surface area contributed by atoms with Crippen LogP contribution < -0.4 is 5.32 Å². The molecule has 0 aromatic rings. The van der Waals surface area contributed by atoms with Crippen molar-refractivity contribution in [1.29, 1.82) is 0 Å². The zero-order chi connectivity index (χ0) is 14.3. The number of hydrogen-bond donors (Lipinski definition) is 2. The van der Waals surface area contributed by atoms with Crippen LogP contribution in [-0.4, -0.2) is 53.1 Å². The fraction of sp³-hybridized carbons (Fsp3) is 0.692. The van der Waals surface area contributed by atoms with E-state index in [0.717, 1.165) is 12.2 Å². The van der Waals surface area contributed by atoms with Crippen molar-refractivity contribution in [2.24, 2.45) is 5.41 Å². The highest BCUT2D eigenvalue weighted by Crippen LogP contribution is 2.29. The topological polar surface area (TPSA) is 69.6 Å². The molecule has 0 aliphatic carbocycles. The molecule has 5 nitrogen and oxygen atoms in total. The molecule has 1 heterocycles. The number of carbonyl (C=O) groups excluding carboxylic acids is 1. The Morgan fingerprint density at radius 1 is 1.58 bits per heavy atom. The SMILES string of the molecule is C#CCSCCNC(=O)N1CCCC(C)(C(=O)O)C1. The van der Waals surface area contributed by atoms with Crippen molar-refractivity contribution in [1.82, 2.24) is 10.2 Å². The highest BCUT2D eigenvalue weighted by molar-refractivity contribution is 7.99. The molecule has 0 bridgehead atoms. The summed E-state index contributed by atoms with van der Waals surface area (Å²) < 4.78 is 0. The van der Waals surface area contributed by atoms with Gasteiger partial charge in [-0.1, -0.05) is 5.92 Å². The van der Waals surface area contributed by atoms with Gasteiger partial charge in [-0.25, -0.2) is 4.79 Å². The van der Waals surface area contributed by atoms with Crippen LogP contribution >= 0.6 is 11.8 Å². The van der Waals surface area contributed by atoms with Gasteiger partial charge < -0.3 is 15.3 Å². The molecule has 106 valence electrons. The summed E-state index contributed by atoms with van der Waals surface area (Å²) in [6, 6.07) is -0.187. The van der Waals surface area contributed by atoms with Crippen molar-refractivity contribution in [3.05, 3.63) is 0 Å². The molecule has 1 rings (SSSR count). The quantitative estimate of drug-likeness (QED) is 0.589. The molecule has 1 aliphatic heterocycles. The molecule has 1 saturated heterocycles. The van der Waals surface area contributed by atoms with Crippen LogP contribution in [0, 0.1) is 17.8 Å². The minimum Gasteiger partial charge on any atom is -0.481 e.